The number of aryl methyl sites for hydroxylation is 1. The van der Waals surface area contributed by atoms with Crippen LogP contribution >= 0.6 is 0 Å². The number of nitrogens with zero attached hydrogens (tertiary/aromatic N) is 1. The van der Waals surface area contributed by atoms with Gasteiger partial charge in [0, 0.05) is 12.7 Å². The summed E-state index contributed by atoms with van der Waals surface area (Å²) in [4.78, 5) is 4.34. The maximum atomic E-state index is 4.34. The SMILES string of the molecule is CCC1CNc2nccc(C)c2C1. The second-order valence-electron chi connectivity index (χ2n) is 3.81. The van der Waals surface area contributed by atoms with Crippen molar-refractivity contribution in [3.05, 3.63) is 23.4 Å². The number of anilines is 1. The molecule has 1 atom stereocenters. The molecule has 1 unspecified atom stereocenters. The molecule has 13 heavy (non-hydrogen) atoms. The average molecular weight is 176 g/mol. The molecule has 2 nitrogen and oxygen atoms in total. The summed E-state index contributed by atoms with van der Waals surface area (Å²) in [7, 11) is 0. The minimum Gasteiger partial charge on any atom is -0.370 e. The fourth-order valence-electron chi connectivity index (χ4n) is 1.89. The van der Waals surface area contributed by atoms with Crippen LogP contribution in [0.1, 0.15) is 24.5 Å². The number of pyridine rings is 1. The Morgan fingerprint density at radius 3 is 3.23 bits per heavy atom. The number of nitrogens with one attached hydrogen (secondary N) is 1. The van der Waals surface area contributed by atoms with Crippen molar-refractivity contribution in [1.29, 1.82) is 0 Å². The van der Waals surface area contributed by atoms with Gasteiger partial charge in [0.25, 0.3) is 0 Å². The van der Waals surface area contributed by atoms with Crippen molar-refractivity contribution in [2.45, 2.75) is 26.7 Å². The average Bonchev–Trinajstić information content (AvgIpc) is 2.18. The second kappa shape index (κ2) is 3.36. The molecule has 1 aromatic rings. The third kappa shape index (κ3) is 1.53. The molecule has 0 saturated heterocycles. The Balaban J connectivity index is 2.32. The van der Waals surface area contributed by atoms with Crippen LogP contribution < -0.4 is 5.32 Å². The molecule has 1 aliphatic rings. The van der Waals surface area contributed by atoms with Gasteiger partial charge in [0.1, 0.15) is 5.82 Å². The Bertz CT molecular complexity index is 307. The summed E-state index contributed by atoms with van der Waals surface area (Å²) < 4.78 is 0. The maximum Gasteiger partial charge on any atom is 0.129 e. The minimum atomic E-state index is 0.787. The highest BCUT2D eigenvalue weighted by Gasteiger charge is 2.18. The van der Waals surface area contributed by atoms with E-state index in [2.05, 4.69) is 30.2 Å². The molecule has 1 aromatic heterocycles. The summed E-state index contributed by atoms with van der Waals surface area (Å²) in [6.07, 6.45) is 4.33. The summed E-state index contributed by atoms with van der Waals surface area (Å²) in [5, 5.41) is 3.39. The van der Waals surface area contributed by atoms with Crippen molar-refractivity contribution in [2.24, 2.45) is 5.92 Å². The Labute approximate surface area is 79.4 Å². The molecular formula is C11H16N2. The van der Waals surface area contributed by atoms with Crippen molar-refractivity contribution in [3.63, 3.8) is 0 Å². The predicted octanol–water partition coefficient (Wildman–Crippen LogP) is 2.38. The fraction of sp³-hybridized carbons (Fsp3) is 0.545. The van der Waals surface area contributed by atoms with Gasteiger partial charge in [-0.1, -0.05) is 13.3 Å². The van der Waals surface area contributed by atoms with Crippen LogP contribution in [0.15, 0.2) is 12.3 Å². The molecule has 0 spiro atoms. The van der Waals surface area contributed by atoms with Crippen LogP contribution in [0.5, 0.6) is 0 Å². The minimum absolute atomic E-state index is 0.787. The van der Waals surface area contributed by atoms with Crippen LogP contribution in [0.2, 0.25) is 0 Å². The molecule has 0 aliphatic carbocycles. The third-order valence-electron chi connectivity index (χ3n) is 2.92. The van der Waals surface area contributed by atoms with Gasteiger partial charge in [-0.25, -0.2) is 4.98 Å². The zero-order chi connectivity index (χ0) is 9.26. The highest BCUT2D eigenvalue weighted by atomic mass is 15.0. The summed E-state index contributed by atoms with van der Waals surface area (Å²) >= 11 is 0. The summed E-state index contributed by atoms with van der Waals surface area (Å²) in [6.45, 7) is 5.50. The zero-order valence-corrected chi connectivity index (χ0v) is 8.30. The smallest absolute Gasteiger partial charge is 0.129 e. The van der Waals surface area contributed by atoms with Gasteiger partial charge in [0.05, 0.1) is 0 Å². The molecule has 0 bridgehead atoms. The van der Waals surface area contributed by atoms with Crippen molar-refractivity contribution in [1.82, 2.24) is 4.98 Å². The molecule has 0 radical (unpaired) electrons. The van der Waals surface area contributed by atoms with E-state index in [1.54, 1.807) is 0 Å². The number of hydrogen-bond donors (Lipinski definition) is 1. The van der Waals surface area contributed by atoms with E-state index >= 15 is 0 Å². The van der Waals surface area contributed by atoms with Crippen LogP contribution in [0.25, 0.3) is 0 Å². The molecule has 0 amide bonds. The summed E-state index contributed by atoms with van der Waals surface area (Å²) in [5.74, 6) is 1.89. The lowest BCUT2D eigenvalue weighted by molar-refractivity contribution is 0.516. The van der Waals surface area contributed by atoms with Crippen LogP contribution in [-0.4, -0.2) is 11.5 Å². The fourth-order valence-corrected chi connectivity index (χ4v) is 1.89. The largest absolute Gasteiger partial charge is 0.370 e. The number of rotatable bonds is 1. The van der Waals surface area contributed by atoms with E-state index in [0.29, 0.717) is 0 Å². The van der Waals surface area contributed by atoms with Gasteiger partial charge in [-0.2, -0.15) is 0 Å². The lowest BCUT2D eigenvalue weighted by atomic mass is 9.92. The van der Waals surface area contributed by atoms with E-state index in [-0.39, 0.29) is 0 Å². The molecule has 0 fully saturated rings. The molecule has 0 aromatic carbocycles. The predicted molar refractivity (Wildman–Crippen MR) is 54.9 cm³/mol. The quantitative estimate of drug-likeness (QED) is 0.710. The first-order chi connectivity index (χ1) is 6.31. The van der Waals surface area contributed by atoms with Gasteiger partial charge in [-0.15, -0.1) is 0 Å². The van der Waals surface area contributed by atoms with Crippen molar-refractivity contribution < 1.29 is 0 Å². The van der Waals surface area contributed by atoms with Gasteiger partial charge < -0.3 is 5.32 Å². The Morgan fingerprint density at radius 2 is 2.46 bits per heavy atom. The topological polar surface area (TPSA) is 24.9 Å². The molecule has 70 valence electrons. The Morgan fingerprint density at radius 1 is 1.62 bits per heavy atom. The molecule has 0 saturated carbocycles. The van der Waals surface area contributed by atoms with Gasteiger partial charge >= 0.3 is 0 Å². The molecule has 1 N–H and O–H groups in total. The van der Waals surface area contributed by atoms with E-state index in [1.807, 2.05) is 6.20 Å². The first-order valence-corrected chi connectivity index (χ1v) is 4.99. The van der Waals surface area contributed by atoms with Crippen molar-refractivity contribution in [2.75, 3.05) is 11.9 Å². The van der Waals surface area contributed by atoms with Gasteiger partial charge in [0.15, 0.2) is 0 Å². The summed E-state index contributed by atoms with van der Waals surface area (Å²) in [5.41, 5.74) is 2.79. The first-order valence-electron chi connectivity index (χ1n) is 4.99. The van der Waals surface area contributed by atoms with E-state index in [9.17, 15) is 0 Å². The molecule has 1 aliphatic heterocycles. The Hall–Kier alpha value is -1.05. The maximum absolute atomic E-state index is 4.34. The van der Waals surface area contributed by atoms with E-state index in [4.69, 9.17) is 0 Å². The highest BCUT2D eigenvalue weighted by Crippen LogP contribution is 2.26. The van der Waals surface area contributed by atoms with Gasteiger partial charge in [-0.3, -0.25) is 0 Å². The van der Waals surface area contributed by atoms with Gasteiger partial charge in [-0.05, 0) is 36.5 Å². The monoisotopic (exact) mass is 176 g/mol. The Kier molecular flexibility index (Phi) is 2.21. The van der Waals surface area contributed by atoms with Crippen molar-refractivity contribution in [3.8, 4) is 0 Å². The van der Waals surface area contributed by atoms with Crippen LogP contribution in [0.4, 0.5) is 5.82 Å². The molecular weight excluding hydrogens is 160 g/mol. The van der Waals surface area contributed by atoms with E-state index in [0.717, 1.165) is 18.3 Å². The molecule has 2 rings (SSSR count). The number of aromatic nitrogens is 1. The zero-order valence-electron chi connectivity index (χ0n) is 8.30. The standard InChI is InChI=1S/C11H16N2/c1-3-9-6-10-8(2)4-5-12-11(10)13-7-9/h4-5,9H,3,6-7H2,1-2H3,(H,12,13). The third-order valence-corrected chi connectivity index (χ3v) is 2.92. The van der Waals surface area contributed by atoms with Crippen molar-refractivity contribution >= 4 is 5.82 Å². The normalized spacial score (nSPS) is 20.6. The second-order valence-corrected chi connectivity index (χ2v) is 3.81. The molecule has 2 heterocycles. The van der Waals surface area contributed by atoms with Crippen LogP contribution in [0.3, 0.4) is 0 Å². The number of hydrogen-bond acceptors (Lipinski definition) is 2. The van der Waals surface area contributed by atoms with E-state index < -0.39 is 0 Å². The highest BCUT2D eigenvalue weighted by molar-refractivity contribution is 5.50. The molecule has 2 heteroatoms. The summed E-state index contributed by atoms with van der Waals surface area (Å²) in [6, 6.07) is 2.10. The number of fused-ring (bicyclic) bond motifs is 1. The van der Waals surface area contributed by atoms with Crippen LogP contribution in [0, 0.1) is 12.8 Å². The lowest BCUT2D eigenvalue weighted by Gasteiger charge is -2.25. The lowest BCUT2D eigenvalue weighted by Crippen LogP contribution is -2.23. The van der Waals surface area contributed by atoms with Gasteiger partial charge in [0.2, 0.25) is 0 Å². The van der Waals surface area contributed by atoms with Crippen LogP contribution in [-0.2, 0) is 6.42 Å². The van der Waals surface area contributed by atoms with E-state index in [1.165, 1.54) is 24.0 Å². The first kappa shape index (κ1) is 8.54.